The van der Waals surface area contributed by atoms with Gasteiger partial charge in [0.05, 0.1) is 19.6 Å². The number of methoxy groups -OCH3 is 2. The highest BCUT2D eigenvalue weighted by molar-refractivity contribution is 5.78. The second kappa shape index (κ2) is 9.61. The standard InChI is InChI=1S/C23H25N3O5/c1-28-14-17-12-26(21(27)15-30-19-10-8-18(29-2)9-11-19)13-20(17)23-25-24-22(31-23)16-6-4-3-5-7-16/h3-11,17,20H,12-15H2,1-2H3/t17-,20+/m0/s1. The van der Waals surface area contributed by atoms with Crippen LogP contribution in [0.4, 0.5) is 0 Å². The molecule has 4 rings (SSSR count). The van der Waals surface area contributed by atoms with Gasteiger partial charge in [-0.3, -0.25) is 4.79 Å². The molecule has 2 atom stereocenters. The number of hydrogen-bond donors (Lipinski definition) is 0. The van der Waals surface area contributed by atoms with Gasteiger partial charge in [0.25, 0.3) is 5.91 Å². The molecule has 0 radical (unpaired) electrons. The summed E-state index contributed by atoms with van der Waals surface area (Å²) in [6.07, 6.45) is 0. The first-order chi connectivity index (χ1) is 15.2. The molecule has 1 saturated heterocycles. The zero-order chi connectivity index (χ0) is 21.6. The van der Waals surface area contributed by atoms with E-state index in [1.807, 2.05) is 30.3 Å². The summed E-state index contributed by atoms with van der Waals surface area (Å²) in [5, 5.41) is 8.45. The molecule has 31 heavy (non-hydrogen) atoms. The summed E-state index contributed by atoms with van der Waals surface area (Å²) < 4.78 is 22.1. The van der Waals surface area contributed by atoms with Gasteiger partial charge < -0.3 is 23.5 Å². The number of benzene rings is 2. The molecule has 0 saturated carbocycles. The molecule has 1 aromatic heterocycles. The van der Waals surface area contributed by atoms with Crippen molar-refractivity contribution in [2.45, 2.75) is 5.92 Å². The van der Waals surface area contributed by atoms with Crippen LogP contribution in [0.2, 0.25) is 0 Å². The van der Waals surface area contributed by atoms with E-state index in [-0.39, 0.29) is 24.3 Å². The van der Waals surface area contributed by atoms with Crippen molar-refractivity contribution >= 4 is 5.91 Å². The molecule has 1 aliphatic rings. The van der Waals surface area contributed by atoms with Gasteiger partial charge in [0.15, 0.2) is 6.61 Å². The monoisotopic (exact) mass is 423 g/mol. The molecular weight excluding hydrogens is 398 g/mol. The van der Waals surface area contributed by atoms with E-state index in [4.69, 9.17) is 18.6 Å². The molecule has 0 aliphatic carbocycles. The van der Waals surface area contributed by atoms with Crippen molar-refractivity contribution in [1.29, 1.82) is 0 Å². The number of hydrogen-bond acceptors (Lipinski definition) is 7. The van der Waals surface area contributed by atoms with E-state index < -0.39 is 0 Å². The number of aromatic nitrogens is 2. The van der Waals surface area contributed by atoms with Crippen LogP contribution < -0.4 is 9.47 Å². The molecule has 0 bridgehead atoms. The first-order valence-corrected chi connectivity index (χ1v) is 10.1. The van der Waals surface area contributed by atoms with E-state index in [0.717, 1.165) is 11.3 Å². The quantitative estimate of drug-likeness (QED) is 0.550. The molecule has 2 aromatic carbocycles. The van der Waals surface area contributed by atoms with Crippen LogP contribution in [0.3, 0.4) is 0 Å². The molecule has 0 N–H and O–H groups in total. The second-order valence-corrected chi connectivity index (χ2v) is 7.40. The average molecular weight is 423 g/mol. The number of likely N-dealkylation sites (tertiary alicyclic amines) is 1. The van der Waals surface area contributed by atoms with E-state index in [1.54, 1.807) is 43.4 Å². The Bertz CT molecular complexity index is 990. The zero-order valence-corrected chi connectivity index (χ0v) is 17.6. The molecule has 162 valence electrons. The van der Waals surface area contributed by atoms with Gasteiger partial charge in [-0.2, -0.15) is 0 Å². The lowest BCUT2D eigenvalue weighted by molar-refractivity contribution is -0.132. The van der Waals surface area contributed by atoms with Gasteiger partial charge >= 0.3 is 0 Å². The van der Waals surface area contributed by atoms with E-state index in [0.29, 0.717) is 37.2 Å². The van der Waals surface area contributed by atoms with Crippen molar-refractivity contribution < 1.29 is 23.4 Å². The predicted molar refractivity (Wildman–Crippen MR) is 113 cm³/mol. The molecule has 1 aliphatic heterocycles. The van der Waals surface area contributed by atoms with Gasteiger partial charge in [0.2, 0.25) is 11.8 Å². The van der Waals surface area contributed by atoms with E-state index >= 15 is 0 Å². The average Bonchev–Trinajstić information content (AvgIpc) is 3.46. The van der Waals surface area contributed by atoms with Crippen LogP contribution in [-0.2, 0) is 9.53 Å². The Morgan fingerprint density at radius 2 is 1.77 bits per heavy atom. The van der Waals surface area contributed by atoms with E-state index in [1.165, 1.54) is 0 Å². The second-order valence-electron chi connectivity index (χ2n) is 7.40. The molecule has 1 fully saturated rings. The topological polar surface area (TPSA) is 86.9 Å². The summed E-state index contributed by atoms with van der Waals surface area (Å²) in [5.74, 6) is 2.23. The minimum Gasteiger partial charge on any atom is -0.497 e. The lowest BCUT2D eigenvalue weighted by Crippen LogP contribution is -2.33. The van der Waals surface area contributed by atoms with Crippen LogP contribution in [-0.4, -0.2) is 61.5 Å². The number of carbonyl (C=O) groups is 1. The van der Waals surface area contributed by atoms with Crippen LogP contribution >= 0.6 is 0 Å². The van der Waals surface area contributed by atoms with Crippen molar-refractivity contribution in [3.8, 4) is 23.0 Å². The maximum atomic E-state index is 12.8. The van der Waals surface area contributed by atoms with Crippen LogP contribution in [0.1, 0.15) is 11.8 Å². The first-order valence-electron chi connectivity index (χ1n) is 10.1. The number of rotatable bonds is 8. The summed E-state index contributed by atoms with van der Waals surface area (Å²) in [4.78, 5) is 14.5. The van der Waals surface area contributed by atoms with Crippen LogP contribution in [0, 0.1) is 5.92 Å². The minimum atomic E-state index is -0.0952. The van der Waals surface area contributed by atoms with Crippen LogP contribution in [0.25, 0.3) is 11.5 Å². The molecule has 8 heteroatoms. The summed E-state index contributed by atoms with van der Waals surface area (Å²) in [5.41, 5.74) is 0.864. The number of ether oxygens (including phenoxy) is 3. The SMILES string of the molecule is COC[C@@H]1CN(C(=O)COc2ccc(OC)cc2)C[C@H]1c1nnc(-c2ccccc2)o1. The largest absolute Gasteiger partial charge is 0.497 e. The molecule has 2 heterocycles. The molecule has 8 nitrogen and oxygen atoms in total. The van der Waals surface area contributed by atoms with Crippen molar-refractivity contribution in [3.05, 3.63) is 60.5 Å². The third kappa shape index (κ3) is 4.86. The summed E-state index contributed by atoms with van der Waals surface area (Å²) in [6, 6.07) is 16.8. The van der Waals surface area contributed by atoms with Crippen LogP contribution in [0.5, 0.6) is 11.5 Å². The Morgan fingerprint density at radius 3 is 2.48 bits per heavy atom. The number of carbonyl (C=O) groups excluding carboxylic acids is 1. The Hall–Kier alpha value is -3.39. The Balaban J connectivity index is 1.41. The fourth-order valence-electron chi connectivity index (χ4n) is 3.73. The third-order valence-electron chi connectivity index (χ3n) is 5.37. The maximum Gasteiger partial charge on any atom is 0.260 e. The number of amides is 1. The van der Waals surface area contributed by atoms with Gasteiger partial charge in [0.1, 0.15) is 11.5 Å². The van der Waals surface area contributed by atoms with Gasteiger partial charge in [-0.25, -0.2) is 0 Å². The Kier molecular flexibility index (Phi) is 6.47. The Morgan fingerprint density at radius 1 is 1.03 bits per heavy atom. The predicted octanol–water partition coefficient (Wildman–Crippen LogP) is 3.01. The van der Waals surface area contributed by atoms with Gasteiger partial charge in [-0.1, -0.05) is 18.2 Å². The van der Waals surface area contributed by atoms with E-state index in [9.17, 15) is 4.79 Å². The van der Waals surface area contributed by atoms with Gasteiger partial charge in [0, 0.05) is 31.7 Å². The lowest BCUT2D eigenvalue weighted by Gasteiger charge is -2.16. The lowest BCUT2D eigenvalue weighted by atomic mass is 9.97. The molecule has 0 spiro atoms. The molecule has 0 unspecified atom stereocenters. The summed E-state index contributed by atoms with van der Waals surface area (Å²) in [7, 11) is 3.25. The summed E-state index contributed by atoms with van der Waals surface area (Å²) >= 11 is 0. The highest BCUT2D eigenvalue weighted by Gasteiger charge is 2.39. The molecule has 3 aromatic rings. The molecule has 1 amide bonds. The van der Waals surface area contributed by atoms with Crippen molar-refractivity contribution in [2.75, 3.05) is 40.5 Å². The molecular formula is C23H25N3O5. The zero-order valence-electron chi connectivity index (χ0n) is 17.6. The Labute approximate surface area is 180 Å². The third-order valence-corrected chi connectivity index (χ3v) is 5.37. The fourth-order valence-corrected chi connectivity index (χ4v) is 3.73. The minimum absolute atomic E-state index is 0.0438. The van der Waals surface area contributed by atoms with Crippen molar-refractivity contribution in [2.24, 2.45) is 5.92 Å². The van der Waals surface area contributed by atoms with Crippen molar-refractivity contribution in [3.63, 3.8) is 0 Å². The normalized spacial score (nSPS) is 18.2. The van der Waals surface area contributed by atoms with Crippen molar-refractivity contribution in [1.82, 2.24) is 15.1 Å². The smallest absolute Gasteiger partial charge is 0.260 e. The van der Waals surface area contributed by atoms with Gasteiger partial charge in [-0.05, 0) is 36.4 Å². The fraction of sp³-hybridized carbons (Fsp3) is 0.348. The highest BCUT2D eigenvalue weighted by Crippen LogP contribution is 2.33. The highest BCUT2D eigenvalue weighted by atomic mass is 16.5. The van der Waals surface area contributed by atoms with Crippen LogP contribution in [0.15, 0.2) is 59.0 Å². The van der Waals surface area contributed by atoms with Gasteiger partial charge in [-0.15, -0.1) is 10.2 Å². The number of nitrogens with zero attached hydrogens (tertiary/aromatic N) is 3. The summed E-state index contributed by atoms with van der Waals surface area (Å²) in [6.45, 7) is 1.48. The maximum absolute atomic E-state index is 12.8. The first kappa shape index (κ1) is 20.9. The van der Waals surface area contributed by atoms with E-state index in [2.05, 4.69) is 10.2 Å².